The highest BCUT2D eigenvalue weighted by Gasteiger charge is 2.68. The van der Waals surface area contributed by atoms with Crippen LogP contribution in [0.4, 0.5) is 0 Å². The number of phenolic OH excluding ortho intramolecular Hbond substituents is 1. The molecule has 4 aliphatic carbocycles. The number of aromatic hydroxyl groups is 1. The number of hydrogen-bond donors (Lipinski definition) is 1. The fourth-order valence-corrected chi connectivity index (χ4v) is 6.90. The fraction of sp³-hybridized carbons (Fsp3) is 0.586. The molecule has 0 aromatic heterocycles. The van der Waals surface area contributed by atoms with Crippen LogP contribution in [0.3, 0.4) is 0 Å². The largest absolute Gasteiger partial charge is 0.508 e. The van der Waals surface area contributed by atoms with Crippen molar-refractivity contribution in [2.45, 2.75) is 85.2 Å². The molecule has 5 rings (SSSR count). The Labute approximate surface area is 190 Å². The smallest absolute Gasteiger partial charge is 0.115 e. The van der Waals surface area contributed by atoms with Crippen LogP contribution in [0.5, 0.6) is 5.75 Å². The highest BCUT2D eigenvalue weighted by atomic mass is 16.5. The predicted octanol–water partition coefficient (Wildman–Crippen LogP) is 7.94. The summed E-state index contributed by atoms with van der Waals surface area (Å²) in [5.74, 6) is 4.37. The third-order valence-electron chi connectivity index (χ3n) is 8.01. The minimum Gasteiger partial charge on any atom is -0.508 e. The average Bonchev–Trinajstić information content (AvgIpc) is 3.38. The molecule has 0 amide bonds. The Morgan fingerprint density at radius 2 is 1.90 bits per heavy atom. The first-order valence-electron chi connectivity index (χ1n) is 12.6. The minimum absolute atomic E-state index is 0.235. The zero-order valence-corrected chi connectivity index (χ0v) is 20.2. The molecule has 4 aliphatic rings. The third-order valence-corrected chi connectivity index (χ3v) is 8.01. The highest BCUT2D eigenvalue weighted by molar-refractivity contribution is 5.41. The summed E-state index contributed by atoms with van der Waals surface area (Å²) in [5.41, 5.74) is 3.33. The average molecular weight is 423 g/mol. The van der Waals surface area contributed by atoms with Gasteiger partial charge in [-0.3, -0.25) is 0 Å². The minimum atomic E-state index is 0.235. The summed E-state index contributed by atoms with van der Waals surface area (Å²) < 4.78 is 6.66. The van der Waals surface area contributed by atoms with E-state index in [2.05, 4.69) is 18.7 Å². The van der Waals surface area contributed by atoms with Gasteiger partial charge in [-0.05, 0) is 104 Å². The normalized spacial score (nSPS) is 34.6. The molecular formula is C29H42O2. The van der Waals surface area contributed by atoms with E-state index in [1.54, 1.807) is 6.08 Å². The maximum Gasteiger partial charge on any atom is 0.115 e. The molecule has 2 nitrogen and oxygen atoms in total. The van der Waals surface area contributed by atoms with E-state index in [4.69, 9.17) is 4.74 Å². The van der Waals surface area contributed by atoms with Gasteiger partial charge in [-0.25, -0.2) is 0 Å². The summed E-state index contributed by atoms with van der Waals surface area (Å²) >= 11 is 0. The second-order valence-corrected chi connectivity index (χ2v) is 9.08. The van der Waals surface area contributed by atoms with Gasteiger partial charge in [0.05, 0.1) is 0 Å². The highest BCUT2D eigenvalue weighted by Crippen LogP contribution is 2.75. The lowest BCUT2D eigenvalue weighted by Gasteiger charge is -2.49. The molecule has 3 saturated carbocycles. The summed E-state index contributed by atoms with van der Waals surface area (Å²) in [6.07, 6.45) is 15.9. The first-order chi connectivity index (χ1) is 15.2. The predicted molar refractivity (Wildman–Crippen MR) is 131 cm³/mol. The maximum absolute atomic E-state index is 9.97. The summed E-state index contributed by atoms with van der Waals surface area (Å²) in [5, 5.41) is 9.97. The van der Waals surface area contributed by atoms with Gasteiger partial charge in [-0.15, -0.1) is 0 Å². The van der Waals surface area contributed by atoms with Gasteiger partial charge < -0.3 is 9.84 Å². The summed E-state index contributed by atoms with van der Waals surface area (Å²) in [6, 6.07) is 6.02. The topological polar surface area (TPSA) is 29.5 Å². The van der Waals surface area contributed by atoms with E-state index in [9.17, 15) is 5.11 Å². The number of benzene rings is 1. The van der Waals surface area contributed by atoms with E-state index in [1.165, 1.54) is 43.2 Å². The SMILES string of the molecule is C=C/C=C\C(=C/C)O[C@H]1CC23CC2CCC3[C@@H]2CCc3cc(O)ccc3[C@@H]12.CC.CC. The first-order valence-corrected chi connectivity index (χ1v) is 12.6. The van der Waals surface area contributed by atoms with Crippen molar-refractivity contribution in [3.63, 3.8) is 0 Å². The summed E-state index contributed by atoms with van der Waals surface area (Å²) in [4.78, 5) is 0. The number of aryl methyl sites for hydroxylation is 1. The van der Waals surface area contributed by atoms with Crippen LogP contribution in [-0.4, -0.2) is 11.2 Å². The quantitative estimate of drug-likeness (QED) is 0.394. The van der Waals surface area contributed by atoms with E-state index in [0.717, 1.165) is 29.9 Å². The Hall–Kier alpha value is -1.96. The second kappa shape index (κ2) is 10.1. The molecule has 3 fully saturated rings. The Balaban J connectivity index is 0.000000645. The van der Waals surface area contributed by atoms with Crippen LogP contribution in [0.25, 0.3) is 0 Å². The van der Waals surface area contributed by atoms with E-state index >= 15 is 0 Å². The zero-order valence-electron chi connectivity index (χ0n) is 20.2. The molecule has 6 atom stereocenters. The molecule has 2 heteroatoms. The monoisotopic (exact) mass is 422 g/mol. The molecule has 0 saturated heterocycles. The van der Waals surface area contributed by atoms with Crippen molar-refractivity contribution in [3.8, 4) is 5.75 Å². The van der Waals surface area contributed by atoms with E-state index in [0.29, 0.717) is 17.1 Å². The van der Waals surface area contributed by atoms with E-state index in [-0.39, 0.29) is 6.10 Å². The molecule has 1 aromatic rings. The second-order valence-electron chi connectivity index (χ2n) is 9.08. The van der Waals surface area contributed by atoms with Crippen molar-refractivity contribution in [2.75, 3.05) is 0 Å². The number of hydrogen-bond acceptors (Lipinski definition) is 2. The van der Waals surface area contributed by atoms with Gasteiger partial charge in [-0.2, -0.15) is 0 Å². The Morgan fingerprint density at radius 1 is 1.13 bits per heavy atom. The van der Waals surface area contributed by atoms with E-state index in [1.807, 2.05) is 58.9 Å². The van der Waals surface area contributed by atoms with Crippen molar-refractivity contribution in [2.24, 2.45) is 23.2 Å². The summed E-state index contributed by atoms with van der Waals surface area (Å²) in [6.45, 7) is 13.8. The van der Waals surface area contributed by atoms with Gasteiger partial charge in [0, 0.05) is 5.92 Å². The maximum atomic E-state index is 9.97. The van der Waals surface area contributed by atoms with Crippen LogP contribution < -0.4 is 0 Å². The molecule has 0 heterocycles. The van der Waals surface area contributed by atoms with Gasteiger partial charge >= 0.3 is 0 Å². The van der Waals surface area contributed by atoms with Crippen molar-refractivity contribution in [1.82, 2.24) is 0 Å². The fourth-order valence-electron chi connectivity index (χ4n) is 6.90. The Kier molecular flexibility index (Phi) is 7.73. The van der Waals surface area contributed by atoms with Gasteiger partial charge in [0.25, 0.3) is 0 Å². The lowest BCUT2D eigenvalue weighted by molar-refractivity contribution is -0.0259. The van der Waals surface area contributed by atoms with Crippen molar-refractivity contribution in [3.05, 3.63) is 66.0 Å². The van der Waals surface area contributed by atoms with Crippen LogP contribution in [0.1, 0.15) is 83.8 Å². The molecule has 31 heavy (non-hydrogen) atoms. The molecule has 0 bridgehead atoms. The third kappa shape index (κ3) is 4.23. The van der Waals surface area contributed by atoms with E-state index < -0.39 is 0 Å². The van der Waals surface area contributed by atoms with Crippen molar-refractivity contribution in [1.29, 1.82) is 0 Å². The number of allylic oxidation sites excluding steroid dienone is 4. The van der Waals surface area contributed by atoms with Gasteiger partial charge in [0.2, 0.25) is 0 Å². The van der Waals surface area contributed by atoms with Crippen LogP contribution in [0.2, 0.25) is 0 Å². The molecule has 0 aliphatic heterocycles. The molecule has 1 aromatic carbocycles. The number of phenols is 1. The number of rotatable bonds is 4. The Morgan fingerprint density at radius 3 is 2.58 bits per heavy atom. The molecule has 1 N–H and O–H groups in total. The van der Waals surface area contributed by atoms with Gasteiger partial charge in [0.1, 0.15) is 17.6 Å². The zero-order chi connectivity index (χ0) is 22.6. The first kappa shape index (κ1) is 23.7. The lowest BCUT2D eigenvalue weighted by atomic mass is 9.57. The summed E-state index contributed by atoms with van der Waals surface area (Å²) in [7, 11) is 0. The molecular weight excluding hydrogens is 380 g/mol. The van der Waals surface area contributed by atoms with Crippen LogP contribution >= 0.6 is 0 Å². The Bertz CT molecular complexity index is 820. The molecule has 1 spiro atoms. The van der Waals surface area contributed by atoms with Crippen molar-refractivity contribution >= 4 is 0 Å². The number of fused-ring (bicyclic) bond motifs is 4. The van der Waals surface area contributed by atoms with Crippen LogP contribution in [-0.2, 0) is 11.2 Å². The number of ether oxygens (including phenoxy) is 1. The van der Waals surface area contributed by atoms with Crippen LogP contribution in [0, 0.1) is 23.2 Å². The molecule has 3 unspecified atom stereocenters. The van der Waals surface area contributed by atoms with Crippen LogP contribution in [0.15, 0.2) is 54.8 Å². The lowest BCUT2D eigenvalue weighted by Crippen LogP contribution is -2.45. The molecule has 170 valence electrons. The van der Waals surface area contributed by atoms with Crippen molar-refractivity contribution < 1.29 is 9.84 Å². The molecule has 0 radical (unpaired) electrons. The standard InChI is InChI=1S/C25H30O2.2C2H6/c1-3-5-6-19(4-2)27-23-15-25-14-17(25)8-12-22(25)21-10-7-16-13-18(26)9-11-20(16)24(21)23;2*1-2/h3-6,9,11,13,17,21-24,26H,1,7-8,10,12,14-15H2,2H3;2*1-2H3/b6-5-,19-4+;;/t17?,21-,22?,23-,24+,25?;;/m0../s1. The van der Waals surface area contributed by atoms with Gasteiger partial charge in [0.15, 0.2) is 0 Å². The van der Waals surface area contributed by atoms with Gasteiger partial charge in [-0.1, -0.05) is 52.5 Å².